The Kier molecular flexibility index (Phi) is 10.5. The van der Waals surface area contributed by atoms with Crippen molar-refractivity contribution in [3.05, 3.63) is 70.5 Å². The van der Waals surface area contributed by atoms with Crippen molar-refractivity contribution in [2.24, 2.45) is 10.9 Å². The first-order valence-corrected chi connectivity index (χ1v) is 20.1. The van der Waals surface area contributed by atoms with E-state index < -0.39 is 47.6 Å². The summed E-state index contributed by atoms with van der Waals surface area (Å²) >= 11 is 1.17. The molecule has 1 fully saturated rings. The molecule has 0 saturated heterocycles. The van der Waals surface area contributed by atoms with Crippen molar-refractivity contribution in [1.82, 2.24) is 9.80 Å². The van der Waals surface area contributed by atoms with Crippen LogP contribution in [0.3, 0.4) is 0 Å². The highest BCUT2D eigenvalue weighted by atomic mass is 32.2. The summed E-state index contributed by atoms with van der Waals surface area (Å²) in [5.74, 6) is -1.82. The van der Waals surface area contributed by atoms with Crippen LogP contribution in [0.5, 0.6) is 0 Å². The Morgan fingerprint density at radius 2 is 1.83 bits per heavy atom. The second-order valence-electron chi connectivity index (χ2n) is 14.7. The minimum atomic E-state index is -1.43. The molecule has 252 valence electrons. The van der Waals surface area contributed by atoms with Crippen LogP contribution in [0.4, 0.5) is 13.6 Å². The molecular weight excluding hydrogens is 639 g/mol. The van der Waals surface area contributed by atoms with Gasteiger partial charge in [-0.1, -0.05) is 43.5 Å². The van der Waals surface area contributed by atoms with Crippen LogP contribution in [0.2, 0.25) is 25.7 Å². The number of carbonyl (C=O) groups excluding carboxylic acids is 2. The average molecular weight is 683 g/mol. The van der Waals surface area contributed by atoms with Crippen molar-refractivity contribution < 1.29 is 27.8 Å². The summed E-state index contributed by atoms with van der Waals surface area (Å²) in [4.78, 5) is 35.1. The fourth-order valence-electron chi connectivity index (χ4n) is 5.48. The molecule has 12 heteroatoms. The molecule has 0 spiro atoms. The lowest BCUT2D eigenvalue weighted by atomic mass is 9.84. The molecule has 1 heterocycles. The number of ether oxygens (including phenoxy) is 2. The van der Waals surface area contributed by atoms with Gasteiger partial charge in [-0.15, -0.1) is 0 Å². The number of fused-ring (bicyclic) bond motifs is 1. The lowest BCUT2D eigenvalue weighted by Crippen LogP contribution is -2.48. The summed E-state index contributed by atoms with van der Waals surface area (Å²) in [5, 5.41) is 9.25. The van der Waals surface area contributed by atoms with Crippen molar-refractivity contribution in [3.63, 3.8) is 0 Å². The van der Waals surface area contributed by atoms with Gasteiger partial charge < -0.3 is 14.4 Å². The van der Waals surface area contributed by atoms with Crippen LogP contribution in [-0.4, -0.2) is 72.8 Å². The maximum Gasteiger partial charge on any atom is 0.418 e. The van der Waals surface area contributed by atoms with Gasteiger partial charge in [0.05, 0.1) is 17.2 Å². The number of thioether (sulfide) groups is 1. The number of halogens is 2. The van der Waals surface area contributed by atoms with Gasteiger partial charge in [-0.05, 0) is 82.1 Å². The lowest BCUT2D eigenvalue weighted by Gasteiger charge is -2.38. The standard InChI is InChI=1S/C35H44F2N4O4SSi/c1-33(2,3)45-32(43)41(22-44-16-17-47(7,8)9)31-39-34(4,29-20-35(29,46-31)30(42)40(5)6)26-19-25(14-15-27(26)36)28(37)18-23-10-12-24(21-38)13-11-23/h10-15,18-19,29H,16-17,20,22H2,1-9H3/b28-18-/t29-,34+,35-/m0/s1. The molecule has 3 atom stereocenters. The molecule has 2 aromatic carbocycles. The van der Waals surface area contributed by atoms with Gasteiger partial charge in [0.2, 0.25) is 5.91 Å². The van der Waals surface area contributed by atoms with Gasteiger partial charge in [0.1, 0.15) is 28.7 Å². The molecule has 2 aliphatic rings. The lowest BCUT2D eigenvalue weighted by molar-refractivity contribution is -0.129. The van der Waals surface area contributed by atoms with Crippen LogP contribution < -0.4 is 0 Å². The van der Waals surface area contributed by atoms with E-state index >= 15 is 8.78 Å². The maximum absolute atomic E-state index is 15.8. The third-order valence-corrected chi connectivity index (χ3v) is 11.3. The number of nitriles is 1. The summed E-state index contributed by atoms with van der Waals surface area (Å²) in [5.41, 5.74) is -0.933. The monoisotopic (exact) mass is 682 g/mol. The molecule has 0 unspecified atom stereocenters. The van der Waals surface area contributed by atoms with E-state index in [4.69, 9.17) is 19.7 Å². The summed E-state index contributed by atoms with van der Waals surface area (Å²) in [6.07, 6.45) is 0.992. The molecule has 1 aliphatic carbocycles. The van der Waals surface area contributed by atoms with Crippen LogP contribution in [0, 0.1) is 23.1 Å². The molecule has 0 bridgehead atoms. The molecule has 47 heavy (non-hydrogen) atoms. The number of nitrogens with zero attached hydrogens (tertiary/aromatic N) is 4. The van der Waals surface area contributed by atoms with Crippen LogP contribution in [0.1, 0.15) is 56.4 Å². The molecule has 8 nitrogen and oxygen atoms in total. The Balaban J connectivity index is 1.80. The topological polar surface area (TPSA) is 95.2 Å². The zero-order valence-corrected chi connectivity index (χ0v) is 30.4. The first kappa shape index (κ1) is 36.3. The fraction of sp³-hybridized carbons (Fsp3) is 0.486. The quantitative estimate of drug-likeness (QED) is 0.116. The number of carbonyl (C=O) groups is 2. The fourth-order valence-corrected chi connectivity index (χ4v) is 7.92. The van der Waals surface area contributed by atoms with E-state index in [1.54, 1.807) is 66.1 Å². The number of hydrogen-bond donors (Lipinski definition) is 0. The molecular formula is C35H44F2N4O4SSi. The molecule has 2 amide bonds. The predicted molar refractivity (Wildman–Crippen MR) is 185 cm³/mol. The minimum Gasteiger partial charge on any atom is -0.443 e. The SMILES string of the molecule is CN(C)C(=O)[C@]12C[C@H]1[C@@](C)(c1cc(/C(F)=C/c3ccc(C#N)cc3)ccc1F)N=C(N(COCC[Si](C)(C)C)C(=O)OC(C)(C)C)S2. The average Bonchev–Trinajstić information content (AvgIpc) is 3.72. The molecule has 0 N–H and O–H groups in total. The van der Waals surface area contributed by atoms with Gasteiger partial charge in [-0.2, -0.15) is 5.26 Å². The molecule has 0 radical (unpaired) electrons. The van der Waals surface area contributed by atoms with E-state index in [0.29, 0.717) is 24.2 Å². The minimum absolute atomic E-state index is 0.110. The second kappa shape index (κ2) is 13.5. The van der Waals surface area contributed by atoms with E-state index in [-0.39, 0.29) is 28.9 Å². The number of benzene rings is 2. The van der Waals surface area contributed by atoms with Crippen LogP contribution in [0.15, 0.2) is 47.5 Å². The van der Waals surface area contributed by atoms with Crippen LogP contribution in [0.25, 0.3) is 11.9 Å². The van der Waals surface area contributed by atoms with Gasteiger partial charge in [-0.25, -0.2) is 18.5 Å². The highest BCUT2D eigenvalue weighted by Gasteiger charge is 2.71. The van der Waals surface area contributed by atoms with Crippen LogP contribution >= 0.6 is 11.8 Å². The van der Waals surface area contributed by atoms with Gasteiger partial charge in [0, 0.05) is 45.8 Å². The van der Waals surface area contributed by atoms with E-state index in [2.05, 4.69) is 19.6 Å². The predicted octanol–water partition coefficient (Wildman–Crippen LogP) is 7.88. The Morgan fingerprint density at radius 1 is 1.17 bits per heavy atom. The van der Waals surface area contributed by atoms with Crippen molar-refractivity contribution in [3.8, 4) is 6.07 Å². The molecule has 1 saturated carbocycles. The molecule has 1 aliphatic heterocycles. The number of aliphatic imine (C=N–C) groups is 1. The van der Waals surface area contributed by atoms with Crippen LogP contribution in [-0.2, 0) is 19.8 Å². The Bertz CT molecular complexity index is 1630. The number of amides is 2. The molecule has 2 aromatic rings. The Labute approximate surface area is 281 Å². The summed E-state index contributed by atoms with van der Waals surface area (Å²) < 4.78 is 42.2. The largest absolute Gasteiger partial charge is 0.443 e. The molecule has 0 aromatic heterocycles. The number of amidine groups is 1. The Morgan fingerprint density at radius 3 is 2.40 bits per heavy atom. The van der Waals surface area contributed by atoms with E-state index in [1.165, 1.54) is 45.8 Å². The third-order valence-electron chi connectivity index (χ3n) is 8.14. The third kappa shape index (κ3) is 8.31. The molecule has 4 rings (SSSR count). The van der Waals surface area contributed by atoms with Gasteiger partial charge >= 0.3 is 6.09 Å². The van der Waals surface area contributed by atoms with Crippen molar-refractivity contribution >= 4 is 48.9 Å². The number of hydrogen-bond acceptors (Lipinski definition) is 7. The number of rotatable bonds is 9. The van der Waals surface area contributed by atoms with Gasteiger partial charge in [-0.3, -0.25) is 9.79 Å². The van der Waals surface area contributed by atoms with E-state index in [1.807, 2.05) is 6.07 Å². The summed E-state index contributed by atoms with van der Waals surface area (Å²) in [6.45, 7) is 13.9. The maximum atomic E-state index is 15.8. The van der Waals surface area contributed by atoms with Gasteiger partial charge in [0.25, 0.3) is 0 Å². The van der Waals surface area contributed by atoms with E-state index in [9.17, 15) is 9.59 Å². The second-order valence-corrected chi connectivity index (χ2v) is 21.6. The summed E-state index contributed by atoms with van der Waals surface area (Å²) in [7, 11) is 1.89. The summed E-state index contributed by atoms with van der Waals surface area (Å²) in [6, 6.07) is 13.3. The normalized spacial score (nSPS) is 22.5. The highest BCUT2D eigenvalue weighted by Crippen LogP contribution is 2.67. The Hall–Kier alpha value is -3.53. The smallest absolute Gasteiger partial charge is 0.418 e. The van der Waals surface area contributed by atoms with Crippen molar-refractivity contribution in [1.29, 1.82) is 5.26 Å². The van der Waals surface area contributed by atoms with Crippen molar-refractivity contribution in [2.75, 3.05) is 27.4 Å². The van der Waals surface area contributed by atoms with Crippen molar-refractivity contribution in [2.45, 2.75) is 75.7 Å². The zero-order chi connectivity index (χ0) is 34.9. The first-order valence-electron chi connectivity index (χ1n) is 15.6. The van der Waals surface area contributed by atoms with Gasteiger partial charge in [0.15, 0.2) is 5.17 Å². The highest BCUT2D eigenvalue weighted by molar-refractivity contribution is 8.16. The van der Waals surface area contributed by atoms with E-state index in [0.717, 1.165) is 6.04 Å². The zero-order valence-electron chi connectivity index (χ0n) is 28.6. The first-order chi connectivity index (χ1) is 21.8.